The fraction of sp³-hybridized carbons (Fsp3) is 0.727. The Morgan fingerprint density at radius 2 is 2.13 bits per heavy atom. The Hall–Kier alpha value is -1.03. The zero-order valence-electron chi connectivity index (χ0n) is 10.2. The molecule has 0 aliphatic rings. The summed E-state index contributed by atoms with van der Waals surface area (Å²) in [5.41, 5.74) is 2.23. The Morgan fingerprint density at radius 1 is 1.40 bits per heavy atom. The van der Waals surface area contributed by atoms with Gasteiger partial charge in [0, 0.05) is 19.8 Å². The van der Waals surface area contributed by atoms with E-state index in [0.29, 0.717) is 0 Å². The molecule has 15 heavy (non-hydrogen) atoms. The zero-order chi connectivity index (χ0) is 11.3. The number of aryl methyl sites for hydroxylation is 2. The largest absolute Gasteiger partial charge is 0.382 e. The molecule has 0 saturated carbocycles. The van der Waals surface area contributed by atoms with Gasteiger partial charge in [0.15, 0.2) is 0 Å². The number of rotatable bonds is 6. The Morgan fingerprint density at radius 3 is 2.67 bits per heavy atom. The highest BCUT2D eigenvalue weighted by molar-refractivity contribution is 5.45. The highest BCUT2D eigenvalue weighted by atomic mass is 15.3. The molecule has 0 bridgehead atoms. The summed E-state index contributed by atoms with van der Waals surface area (Å²) in [7, 11) is 6.17. The second-order valence-corrected chi connectivity index (χ2v) is 4.24. The van der Waals surface area contributed by atoms with Gasteiger partial charge in [-0.2, -0.15) is 5.10 Å². The number of aromatic nitrogens is 2. The van der Waals surface area contributed by atoms with Gasteiger partial charge in [0.25, 0.3) is 0 Å². The Labute approximate surface area is 92.3 Å². The van der Waals surface area contributed by atoms with E-state index in [0.717, 1.165) is 24.5 Å². The second kappa shape index (κ2) is 5.75. The van der Waals surface area contributed by atoms with Crippen LogP contribution in [-0.2, 0) is 7.05 Å². The molecular weight excluding hydrogens is 188 g/mol. The lowest BCUT2D eigenvalue weighted by Gasteiger charge is -2.09. The molecule has 0 radical (unpaired) electrons. The van der Waals surface area contributed by atoms with E-state index >= 15 is 0 Å². The molecule has 4 heteroatoms. The fourth-order valence-corrected chi connectivity index (χ4v) is 1.55. The maximum absolute atomic E-state index is 4.28. The monoisotopic (exact) mass is 210 g/mol. The van der Waals surface area contributed by atoms with Crippen LogP contribution in [-0.4, -0.2) is 41.9 Å². The van der Waals surface area contributed by atoms with Crippen LogP contribution < -0.4 is 5.32 Å². The van der Waals surface area contributed by atoms with Gasteiger partial charge in [-0.25, -0.2) is 0 Å². The number of nitrogens with one attached hydrogen (secondary N) is 1. The van der Waals surface area contributed by atoms with Crippen molar-refractivity contribution in [3.63, 3.8) is 0 Å². The van der Waals surface area contributed by atoms with Crippen molar-refractivity contribution in [3.8, 4) is 0 Å². The van der Waals surface area contributed by atoms with Gasteiger partial charge in [-0.15, -0.1) is 0 Å². The summed E-state index contributed by atoms with van der Waals surface area (Å²) in [6.07, 6.45) is 4.47. The fourth-order valence-electron chi connectivity index (χ4n) is 1.55. The van der Waals surface area contributed by atoms with Crippen LogP contribution >= 0.6 is 0 Å². The standard InChI is InChI=1S/C11H22N4/c1-10-11(9-15(4)13-10)12-7-5-6-8-14(2)3/h9,12H,5-8H2,1-4H3. The molecule has 1 aromatic rings. The van der Waals surface area contributed by atoms with Crippen LogP contribution in [0.5, 0.6) is 0 Å². The first-order valence-electron chi connectivity index (χ1n) is 5.48. The third kappa shape index (κ3) is 4.34. The van der Waals surface area contributed by atoms with Crippen LogP contribution in [0.4, 0.5) is 5.69 Å². The molecular formula is C11H22N4. The Bertz CT molecular complexity index is 291. The van der Waals surface area contributed by atoms with Gasteiger partial charge in [-0.1, -0.05) is 0 Å². The smallest absolute Gasteiger partial charge is 0.0824 e. The molecule has 1 heterocycles. The molecule has 0 spiro atoms. The van der Waals surface area contributed by atoms with Gasteiger partial charge in [0.2, 0.25) is 0 Å². The van der Waals surface area contributed by atoms with Crippen LogP contribution in [0.3, 0.4) is 0 Å². The molecule has 0 aliphatic heterocycles. The first-order valence-corrected chi connectivity index (χ1v) is 5.48. The van der Waals surface area contributed by atoms with E-state index in [4.69, 9.17) is 0 Å². The third-order valence-electron chi connectivity index (χ3n) is 2.36. The normalized spacial score (nSPS) is 11.0. The first-order chi connectivity index (χ1) is 7.09. The van der Waals surface area contributed by atoms with Crippen LogP contribution in [0.25, 0.3) is 0 Å². The number of hydrogen-bond donors (Lipinski definition) is 1. The van der Waals surface area contributed by atoms with E-state index in [2.05, 4.69) is 29.4 Å². The maximum Gasteiger partial charge on any atom is 0.0824 e. The minimum absolute atomic E-state index is 1.03. The lowest BCUT2D eigenvalue weighted by Crippen LogP contribution is -2.14. The summed E-state index contributed by atoms with van der Waals surface area (Å²) in [6.45, 7) is 4.22. The van der Waals surface area contributed by atoms with E-state index in [9.17, 15) is 0 Å². The molecule has 4 nitrogen and oxygen atoms in total. The van der Waals surface area contributed by atoms with Gasteiger partial charge in [0.1, 0.15) is 0 Å². The van der Waals surface area contributed by atoms with Gasteiger partial charge in [-0.05, 0) is 40.4 Å². The maximum atomic E-state index is 4.28. The zero-order valence-corrected chi connectivity index (χ0v) is 10.2. The predicted molar refractivity (Wildman–Crippen MR) is 64.2 cm³/mol. The Balaban J connectivity index is 2.17. The summed E-state index contributed by atoms with van der Waals surface area (Å²) in [6, 6.07) is 0. The van der Waals surface area contributed by atoms with Gasteiger partial charge in [0.05, 0.1) is 11.4 Å². The summed E-state index contributed by atoms with van der Waals surface area (Å²) in [4.78, 5) is 2.22. The van der Waals surface area contributed by atoms with Crippen molar-refractivity contribution in [2.24, 2.45) is 7.05 Å². The summed E-state index contributed by atoms with van der Waals surface area (Å²) in [5.74, 6) is 0. The third-order valence-corrected chi connectivity index (χ3v) is 2.36. The van der Waals surface area contributed by atoms with Crippen molar-refractivity contribution >= 4 is 5.69 Å². The van der Waals surface area contributed by atoms with Gasteiger partial charge < -0.3 is 10.2 Å². The summed E-state index contributed by atoms with van der Waals surface area (Å²) < 4.78 is 1.84. The molecule has 86 valence electrons. The first kappa shape index (κ1) is 12.0. The number of hydrogen-bond acceptors (Lipinski definition) is 3. The van der Waals surface area contributed by atoms with E-state index in [1.54, 1.807) is 0 Å². The molecule has 0 aliphatic carbocycles. The predicted octanol–water partition coefficient (Wildman–Crippen LogP) is 1.48. The lowest BCUT2D eigenvalue weighted by molar-refractivity contribution is 0.396. The average Bonchev–Trinajstić information content (AvgIpc) is 2.44. The minimum Gasteiger partial charge on any atom is -0.382 e. The molecule has 0 atom stereocenters. The highest BCUT2D eigenvalue weighted by Crippen LogP contribution is 2.11. The molecule has 0 unspecified atom stereocenters. The SMILES string of the molecule is Cc1nn(C)cc1NCCCCN(C)C. The number of nitrogens with zero attached hydrogens (tertiary/aromatic N) is 3. The van der Waals surface area contributed by atoms with E-state index in [1.807, 2.05) is 24.9 Å². The molecule has 0 fully saturated rings. The Kier molecular flexibility index (Phi) is 4.62. The van der Waals surface area contributed by atoms with E-state index in [-0.39, 0.29) is 0 Å². The van der Waals surface area contributed by atoms with Crippen molar-refractivity contribution in [1.29, 1.82) is 0 Å². The molecule has 1 N–H and O–H groups in total. The van der Waals surface area contributed by atoms with Crippen LogP contribution in [0.2, 0.25) is 0 Å². The van der Waals surface area contributed by atoms with Gasteiger partial charge >= 0.3 is 0 Å². The summed E-state index contributed by atoms with van der Waals surface area (Å²) >= 11 is 0. The topological polar surface area (TPSA) is 33.1 Å². The number of unbranched alkanes of at least 4 members (excludes halogenated alkanes) is 1. The van der Waals surface area contributed by atoms with Crippen molar-refractivity contribution < 1.29 is 0 Å². The lowest BCUT2D eigenvalue weighted by atomic mass is 10.3. The molecule has 1 rings (SSSR count). The van der Waals surface area contributed by atoms with E-state index in [1.165, 1.54) is 12.8 Å². The van der Waals surface area contributed by atoms with Crippen molar-refractivity contribution in [2.45, 2.75) is 19.8 Å². The average molecular weight is 210 g/mol. The second-order valence-electron chi connectivity index (χ2n) is 4.24. The van der Waals surface area contributed by atoms with E-state index < -0.39 is 0 Å². The van der Waals surface area contributed by atoms with Crippen LogP contribution in [0.1, 0.15) is 18.5 Å². The van der Waals surface area contributed by atoms with Crippen molar-refractivity contribution in [3.05, 3.63) is 11.9 Å². The summed E-state index contributed by atoms with van der Waals surface area (Å²) in [5, 5.41) is 7.69. The number of anilines is 1. The van der Waals surface area contributed by atoms with Crippen molar-refractivity contribution in [2.75, 3.05) is 32.5 Å². The molecule has 0 saturated heterocycles. The van der Waals surface area contributed by atoms with Crippen LogP contribution in [0, 0.1) is 6.92 Å². The van der Waals surface area contributed by atoms with Crippen LogP contribution in [0.15, 0.2) is 6.20 Å². The quantitative estimate of drug-likeness (QED) is 0.722. The molecule has 1 aromatic heterocycles. The van der Waals surface area contributed by atoms with Gasteiger partial charge in [-0.3, -0.25) is 4.68 Å². The highest BCUT2D eigenvalue weighted by Gasteiger charge is 2.00. The molecule has 0 amide bonds. The van der Waals surface area contributed by atoms with Crippen molar-refractivity contribution in [1.82, 2.24) is 14.7 Å². The molecule has 0 aromatic carbocycles. The minimum atomic E-state index is 1.03.